The Morgan fingerprint density at radius 2 is 1.32 bits per heavy atom. The molecule has 1 aromatic rings. The summed E-state index contributed by atoms with van der Waals surface area (Å²) in [5.41, 5.74) is 2.66. The highest BCUT2D eigenvalue weighted by Gasteiger charge is 2.10. The Balaban J connectivity index is 0.000000472. The fraction of sp³-hybridized carbons (Fsp3) is 0.700. The standard InChI is InChI=1S/C12H26O2.C8H11BO2/c1-2-3-4-5-6-7-8-9-10-12(14)11-13;1-6-3-7(2)5-8(4-6)9(10)11/h12-14H,2-11H2,1H3;3-5,10-11H,1-2H3. The molecule has 1 unspecified atom stereocenters. The molecule has 0 saturated heterocycles. The topological polar surface area (TPSA) is 80.9 Å². The molecule has 0 radical (unpaired) electrons. The van der Waals surface area contributed by atoms with Gasteiger partial charge in [-0.2, -0.15) is 0 Å². The maximum Gasteiger partial charge on any atom is 0.488 e. The van der Waals surface area contributed by atoms with E-state index in [1.807, 2.05) is 19.9 Å². The van der Waals surface area contributed by atoms with Gasteiger partial charge in [0.25, 0.3) is 0 Å². The molecular weight excluding hydrogens is 315 g/mol. The predicted octanol–water partition coefficient (Wildman–Crippen LogP) is 2.85. The summed E-state index contributed by atoms with van der Waals surface area (Å²) in [6.07, 6.45) is 10.5. The number of aliphatic hydroxyl groups is 2. The summed E-state index contributed by atoms with van der Waals surface area (Å²) in [6.45, 7) is 6.00. The summed E-state index contributed by atoms with van der Waals surface area (Å²) in [5.74, 6) is 0. The van der Waals surface area contributed by atoms with Crippen molar-refractivity contribution < 1.29 is 20.3 Å². The third-order valence-electron chi connectivity index (χ3n) is 4.14. The lowest BCUT2D eigenvalue weighted by Crippen LogP contribution is -2.30. The molecule has 4 nitrogen and oxygen atoms in total. The van der Waals surface area contributed by atoms with Gasteiger partial charge < -0.3 is 20.3 Å². The van der Waals surface area contributed by atoms with E-state index in [4.69, 9.17) is 20.3 Å². The minimum absolute atomic E-state index is 0.0868. The molecule has 4 N–H and O–H groups in total. The average Bonchev–Trinajstić information content (AvgIpc) is 2.56. The first kappa shape index (κ1) is 24.1. The van der Waals surface area contributed by atoms with Crippen molar-refractivity contribution in [2.75, 3.05) is 6.61 Å². The number of rotatable bonds is 11. The van der Waals surface area contributed by atoms with Gasteiger partial charge in [-0.3, -0.25) is 0 Å². The number of aryl methyl sites for hydroxylation is 2. The fourth-order valence-electron chi connectivity index (χ4n) is 2.76. The van der Waals surface area contributed by atoms with Crippen molar-refractivity contribution >= 4 is 12.6 Å². The van der Waals surface area contributed by atoms with Crippen LogP contribution < -0.4 is 5.46 Å². The zero-order chi connectivity index (χ0) is 19.1. The van der Waals surface area contributed by atoms with Gasteiger partial charge >= 0.3 is 7.12 Å². The van der Waals surface area contributed by atoms with E-state index in [1.54, 1.807) is 12.1 Å². The van der Waals surface area contributed by atoms with Gasteiger partial charge in [-0.05, 0) is 25.7 Å². The van der Waals surface area contributed by atoms with Gasteiger partial charge in [-0.15, -0.1) is 0 Å². The second-order valence-electron chi connectivity index (χ2n) is 6.89. The molecule has 1 aromatic carbocycles. The van der Waals surface area contributed by atoms with Crippen LogP contribution in [-0.4, -0.2) is 40.1 Å². The Hall–Kier alpha value is -0.875. The molecule has 5 heteroatoms. The minimum atomic E-state index is -1.35. The van der Waals surface area contributed by atoms with Crippen molar-refractivity contribution in [2.24, 2.45) is 0 Å². The van der Waals surface area contributed by atoms with Crippen molar-refractivity contribution in [3.05, 3.63) is 29.3 Å². The SMILES string of the molecule is CCCCCCCCCCC(O)CO.Cc1cc(C)cc(B(O)O)c1. The lowest BCUT2D eigenvalue weighted by atomic mass is 9.79. The van der Waals surface area contributed by atoms with Crippen molar-refractivity contribution in [1.82, 2.24) is 0 Å². The van der Waals surface area contributed by atoms with Crippen LogP contribution >= 0.6 is 0 Å². The van der Waals surface area contributed by atoms with Crippen LogP contribution in [0.1, 0.15) is 75.8 Å². The fourth-order valence-corrected chi connectivity index (χ4v) is 2.76. The normalized spacial score (nSPS) is 11.6. The molecule has 0 aliphatic heterocycles. The zero-order valence-electron chi connectivity index (χ0n) is 16.2. The number of hydrogen-bond donors (Lipinski definition) is 4. The zero-order valence-corrected chi connectivity index (χ0v) is 16.2. The Bertz CT molecular complexity index is 417. The van der Waals surface area contributed by atoms with E-state index in [2.05, 4.69) is 6.92 Å². The van der Waals surface area contributed by atoms with Crippen LogP contribution in [0.5, 0.6) is 0 Å². The second kappa shape index (κ2) is 15.4. The lowest BCUT2D eigenvalue weighted by Gasteiger charge is -2.06. The molecule has 144 valence electrons. The molecule has 0 aliphatic carbocycles. The Kier molecular flexibility index (Phi) is 14.8. The maximum atomic E-state index is 9.08. The van der Waals surface area contributed by atoms with Crippen molar-refractivity contribution in [3.63, 3.8) is 0 Å². The van der Waals surface area contributed by atoms with E-state index in [9.17, 15) is 0 Å². The van der Waals surface area contributed by atoms with Gasteiger partial charge in [-0.1, -0.05) is 87.6 Å². The molecule has 0 aromatic heterocycles. The van der Waals surface area contributed by atoms with Gasteiger partial charge in [-0.25, -0.2) is 0 Å². The van der Waals surface area contributed by atoms with Crippen molar-refractivity contribution in [2.45, 2.75) is 84.7 Å². The molecule has 0 spiro atoms. The molecule has 0 fully saturated rings. The van der Waals surface area contributed by atoms with E-state index < -0.39 is 13.2 Å². The van der Waals surface area contributed by atoms with Crippen LogP contribution in [0.4, 0.5) is 0 Å². The van der Waals surface area contributed by atoms with Gasteiger partial charge in [0.1, 0.15) is 0 Å². The number of unbranched alkanes of at least 4 members (excludes halogenated alkanes) is 7. The van der Waals surface area contributed by atoms with E-state index in [-0.39, 0.29) is 6.61 Å². The quantitative estimate of drug-likeness (QED) is 0.365. The molecule has 1 rings (SSSR count). The molecule has 0 bridgehead atoms. The average molecular weight is 352 g/mol. The van der Waals surface area contributed by atoms with Gasteiger partial charge in [0, 0.05) is 0 Å². The van der Waals surface area contributed by atoms with Crippen molar-refractivity contribution in [1.29, 1.82) is 0 Å². The van der Waals surface area contributed by atoms with Crippen LogP contribution in [0.3, 0.4) is 0 Å². The first-order valence-corrected chi connectivity index (χ1v) is 9.64. The van der Waals surface area contributed by atoms with Gasteiger partial charge in [0.15, 0.2) is 0 Å². The van der Waals surface area contributed by atoms with E-state index in [1.165, 1.54) is 44.9 Å². The Morgan fingerprint density at radius 1 is 0.840 bits per heavy atom. The second-order valence-corrected chi connectivity index (χ2v) is 6.89. The van der Waals surface area contributed by atoms with Gasteiger partial charge in [0.2, 0.25) is 0 Å². The van der Waals surface area contributed by atoms with Crippen LogP contribution in [-0.2, 0) is 0 Å². The number of aliphatic hydroxyl groups excluding tert-OH is 2. The van der Waals surface area contributed by atoms with Gasteiger partial charge in [0.05, 0.1) is 12.7 Å². The van der Waals surface area contributed by atoms with E-state index >= 15 is 0 Å². The van der Waals surface area contributed by atoms with E-state index in [0.717, 1.165) is 24.0 Å². The molecule has 1 atom stereocenters. The van der Waals surface area contributed by atoms with E-state index in [0.29, 0.717) is 5.46 Å². The van der Waals surface area contributed by atoms with Crippen LogP contribution in [0.2, 0.25) is 0 Å². The first-order chi connectivity index (χ1) is 11.9. The highest BCUT2D eigenvalue weighted by Crippen LogP contribution is 2.10. The van der Waals surface area contributed by atoms with Crippen LogP contribution in [0, 0.1) is 13.8 Å². The monoisotopic (exact) mass is 352 g/mol. The molecular formula is C20H37BO4. The predicted molar refractivity (Wildman–Crippen MR) is 106 cm³/mol. The highest BCUT2D eigenvalue weighted by molar-refractivity contribution is 6.58. The third kappa shape index (κ3) is 14.0. The molecule has 0 heterocycles. The Labute approximate surface area is 154 Å². The van der Waals surface area contributed by atoms with Crippen molar-refractivity contribution in [3.8, 4) is 0 Å². The maximum absolute atomic E-state index is 9.08. The minimum Gasteiger partial charge on any atom is -0.423 e. The lowest BCUT2D eigenvalue weighted by molar-refractivity contribution is 0.0860. The third-order valence-corrected chi connectivity index (χ3v) is 4.14. The highest BCUT2D eigenvalue weighted by atomic mass is 16.4. The Morgan fingerprint density at radius 3 is 1.76 bits per heavy atom. The molecule has 25 heavy (non-hydrogen) atoms. The molecule has 0 amide bonds. The summed E-state index contributed by atoms with van der Waals surface area (Å²) in [5, 5.41) is 35.3. The summed E-state index contributed by atoms with van der Waals surface area (Å²) < 4.78 is 0. The summed E-state index contributed by atoms with van der Waals surface area (Å²) in [4.78, 5) is 0. The summed E-state index contributed by atoms with van der Waals surface area (Å²) >= 11 is 0. The largest absolute Gasteiger partial charge is 0.488 e. The summed E-state index contributed by atoms with van der Waals surface area (Å²) in [7, 11) is -1.35. The molecule has 0 aliphatic rings. The van der Waals surface area contributed by atoms with Crippen LogP contribution in [0.25, 0.3) is 0 Å². The smallest absolute Gasteiger partial charge is 0.423 e. The summed E-state index contributed by atoms with van der Waals surface area (Å²) in [6, 6.07) is 5.52. The molecule has 0 saturated carbocycles. The van der Waals surface area contributed by atoms with Crippen LogP contribution in [0.15, 0.2) is 18.2 Å². The first-order valence-electron chi connectivity index (χ1n) is 9.64. The number of benzene rings is 1. The number of hydrogen-bond acceptors (Lipinski definition) is 4.